The van der Waals surface area contributed by atoms with E-state index < -0.39 is 0 Å². The molecule has 7 heavy (non-hydrogen) atoms. The third-order valence-corrected chi connectivity index (χ3v) is 1.57. The molecule has 0 saturated heterocycles. The first-order valence-electron chi connectivity index (χ1n) is 2.20. The summed E-state index contributed by atoms with van der Waals surface area (Å²) in [5, 5.41) is 0. The van der Waals surface area contributed by atoms with E-state index in [2.05, 4.69) is 4.74 Å². The Kier molecular flexibility index (Phi) is 4.83. The Bertz CT molecular complexity index is 62.7. The van der Waals surface area contributed by atoms with Crippen molar-refractivity contribution in [3.63, 3.8) is 0 Å². The Morgan fingerprint density at radius 3 is 2.57 bits per heavy atom. The summed E-state index contributed by atoms with van der Waals surface area (Å²) in [4.78, 5) is 10.0. The average Bonchev–Trinajstić information content (AvgIpc) is 1.61. The molecule has 0 amide bonds. The summed E-state index contributed by atoms with van der Waals surface area (Å²) < 4.78 is 5.70. The Labute approximate surface area is 59.2 Å². The first-order chi connectivity index (χ1) is 3.27. The van der Waals surface area contributed by atoms with E-state index in [1.165, 1.54) is 6.92 Å². The molecule has 0 aromatic heterocycles. The summed E-state index contributed by atoms with van der Waals surface area (Å²) >= 11 is 0.780. The second-order valence-corrected chi connectivity index (χ2v) is 3.94. The van der Waals surface area contributed by atoms with Gasteiger partial charge in [-0.1, -0.05) is 0 Å². The number of hydrogen-bond acceptors (Lipinski definition) is 2. The first-order valence-corrected chi connectivity index (χ1v) is 6.08. The van der Waals surface area contributed by atoms with Crippen LogP contribution in [0.1, 0.15) is 6.92 Å². The van der Waals surface area contributed by atoms with Gasteiger partial charge in [-0.2, -0.15) is 0 Å². The number of carbonyl (C=O) groups excluding carboxylic acids is 1. The van der Waals surface area contributed by atoms with Gasteiger partial charge < -0.3 is 0 Å². The standard InChI is InChI=1S/C4H7O2.Hg/c1-3-6-4(2)5;/h1,3H2,2H3;/q;+1. The van der Waals surface area contributed by atoms with Gasteiger partial charge in [-0.15, -0.1) is 0 Å². The van der Waals surface area contributed by atoms with E-state index >= 15 is 0 Å². The summed E-state index contributed by atoms with van der Waals surface area (Å²) in [6.45, 7) is 2.07. The summed E-state index contributed by atoms with van der Waals surface area (Å²) in [6, 6.07) is 0. The maximum absolute atomic E-state index is 10.0. The maximum atomic E-state index is 10.0. The molecule has 3 heteroatoms. The molecule has 0 aliphatic carbocycles. The number of esters is 1. The molecule has 0 aliphatic heterocycles. The fraction of sp³-hybridized carbons (Fsp3) is 0.750. The van der Waals surface area contributed by atoms with E-state index in [0.29, 0.717) is 6.61 Å². The van der Waals surface area contributed by atoms with E-state index in [4.69, 9.17) is 0 Å². The van der Waals surface area contributed by atoms with Gasteiger partial charge in [-0.05, 0) is 0 Å². The molecule has 0 fully saturated rings. The fourth-order valence-corrected chi connectivity index (χ4v) is 0.777. The molecule has 0 bridgehead atoms. The van der Waals surface area contributed by atoms with Crippen molar-refractivity contribution in [3.05, 3.63) is 0 Å². The van der Waals surface area contributed by atoms with Crippen molar-refractivity contribution in [2.24, 2.45) is 0 Å². The van der Waals surface area contributed by atoms with E-state index in [0.717, 1.165) is 30.1 Å². The van der Waals surface area contributed by atoms with E-state index in [9.17, 15) is 4.79 Å². The average molecular weight is 288 g/mol. The van der Waals surface area contributed by atoms with E-state index in [1.807, 2.05) is 0 Å². The Morgan fingerprint density at radius 2 is 2.43 bits per heavy atom. The molecule has 0 N–H and O–H groups in total. The summed E-state index contributed by atoms with van der Waals surface area (Å²) in [5.41, 5.74) is 0. The molecule has 0 spiro atoms. The Morgan fingerprint density at radius 1 is 1.86 bits per heavy atom. The van der Waals surface area contributed by atoms with Crippen LogP contribution < -0.4 is 0 Å². The normalized spacial score (nSPS) is 8.43. The molecule has 0 unspecified atom stereocenters. The molecule has 2 nitrogen and oxygen atoms in total. The van der Waals surface area contributed by atoms with Gasteiger partial charge in [-0.3, -0.25) is 0 Å². The van der Waals surface area contributed by atoms with Crippen molar-refractivity contribution in [1.82, 2.24) is 0 Å². The molecule has 0 aromatic carbocycles. The molecule has 36 valence electrons. The number of hydrogen-bond donors (Lipinski definition) is 0. The summed E-state index contributed by atoms with van der Waals surface area (Å²) in [7, 11) is 0. The summed E-state index contributed by atoms with van der Waals surface area (Å²) in [6.07, 6.45) is 0. The molecule has 0 aliphatic rings. The third-order valence-electron chi connectivity index (χ3n) is 0.450. The van der Waals surface area contributed by atoms with Gasteiger partial charge in [0.25, 0.3) is 0 Å². The predicted molar refractivity (Wildman–Crippen MR) is 21.4 cm³/mol. The molecule has 0 heterocycles. The van der Waals surface area contributed by atoms with Crippen LogP contribution in [0.5, 0.6) is 0 Å². The predicted octanol–water partition coefficient (Wildman–Crippen LogP) is 0.515. The van der Waals surface area contributed by atoms with Gasteiger partial charge in [0, 0.05) is 0 Å². The van der Waals surface area contributed by atoms with Crippen molar-refractivity contribution in [3.8, 4) is 0 Å². The number of carbonyl (C=O) groups is 1. The SMILES string of the molecule is CC(=O)OC[CH2][Hg+]. The van der Waals surface area contributed by atoms with Crippen molar-refractivity contribution in [1.29, 1.82) is 0 Å². The van der Waals surface area contributed by atoms with E-state index in [1.54, 1.807) is 0 Å². The van der Waals surface area contributed by atoms with Crippen LogP contribution in [-0.4, -0.2) is 12.6 Å². The molecular weight excluding hydrogens is 281 g/mol. The Balaban J connectivity index is 2.82. The van der Waals surface area contributed by atoms with Gasteiger partial charge in [0.05, 0.1) is 0 Å². The molecule has 0 aromatic rings. The van der Waals surface area contributed by atoms with Gasteiger partial charge >= 0.3 is 59.1 Å². The quantitative estimate of drug-likeness (QED) is 0.547. The molecule has 0 atom stereocenters. The van der Waals surface area contributed by atoms with Gasteiger partial charge in [0.15, 0.2) is 0 Å². The van der Waals surface area contributed by atoms with Gasteiger partial charge in [0.1, 0.15) is 0 Å². The molecular formula is C4H7HgO2+. The zero-order valence-electron chi connectivity index (χ0n) is 4.44. The van der Waals surface area contributed by atoms with Crippen LogP contribution in [-0.2, 0) is 35.7 Å². The number of rotatable bonds is 2. The minimum absolute atomic E-state index is 0.162. The zero-order valence-corrected chi connectivity index (χ0v) is 9.94. The van der Waals surface area contributed by atoms with Crippen LogP contribution in [0.2, 0.25) is 3.93 Å². The monoisotopic (exact) mass is 289 g/mol. The summed E-state index contributed by atoms with van der Waals surface area (Å²) in [5.74, 6) is -0.162. The van der Waals surface area contributed by atoms with Crippen LogP contribution >= 0.6 is 0 Å². The van der Waals surface area contributed by atoms with Gasteiger partial charge in [0.2, 0.25) is 0 Å². The second-order valence-electron chi connectivity index (χ2n) is 1.19. The van der Waals surface area contributed by atoms with Crippen molar-refractivity contribution >= 4 is 5.97 Å². The molecule has 0 saturated carbocycles. The topological polar surface area (TPSA) is 26.3 Å². The van der Waals surface area contributed by atoms with Crippen LogP contribution in [0.25, 0.3) is 0 Å². The van der Waals surface area contributed by atoms with Crippen LogP contribution in [0.3, 0.4) is 0 Å². The third kappa shape index (κ3) is 6.41. The first kappa shape index (κ1) is 7.41. The van der Waals surface area contributed by atoms with Gasteiger partial charge in [-0.25, -0.2) is 0 Å². The molecule has 0 radical (unpaired) electrons. The second kappa shape index (κ2) is 4.56. The number of ether oxygens (including phenoxy) is 1. The zero-order chi connectivity index (χ0) is 5.70. The minimum atomic E-state index is -0.162. The fourth-order valence-electron chi connectivity index (χ4n) is 0.216. The van der Waals surface area contributed by atoms with Crippen LogP contribution in [0.15, 0.2) is 0 Å². The van der Waals surface area contributed by atoms with Crippen molar-refractivity contribution in [2.75, 3.05) is 6.61 Å². The Hall–Kier alpha value is 0.405. The van der Waals surface area contributed by atoms with E-state index in [-0.39, 0.29) is 5.97 Å². The molecule has 0 rings (SSSR count). The van der Waals surface area contributed by atoms with Crippen molar-refractivity contribution in [2.45, 2.75) is 10.9 Å². The van der Waals surface area contributed by atoms with Crippen molar-refractivity contribution < 1.29 is 35.7 Å². The van der Waals surface area contributed by atoms with Crippen LogP contribution in [0, 0.1) is 0 Å². The van der Waals surface area contributed by atoms with Crippen LogP contribution in [0.4, 0.5) is 0 Å².